The molecule has 4 aliphatic rings. The molecule has 1 aromatic heterocycles. The number of benzene rings is 1. The van der Waals surface area contributed by atoms with Gasteiger partial charge in [0, 0.05) is 41.7 Å². The number of carbonyl (C=O) groups is 2. The number of hydrogen-bond donors (Lipinski definition) is 1. The van der Waals surface area contributed by atoms with Gasteiger partial charge in [0.05, 0.1) is 25.8 Å². The van der Waals surface area contributed by atoms with Gasteiger partial charge in [-0.3, -0.25) is 14.5 Å². The second-order valence-electron chi connectivity index (χ2n) is 8.13. The van der Waals surface area contributed by atoms with Gasteiger partial charge in [-0.25, -0.2) is 0 Å². The van der Waals surface area contributed by atoms with Crippen LogP contribution < -0.4 is 0 Å². The van der Waals surface area contributed by atoms with Crippen LogP contribution in [0, 0.1) is 11.3 Å². The van der Waals surface area contributed by atoms with Crippen LogP contribution in [0.4, 0.5) is 0 Å². The maximum atomic E-state index is 13.8. The Morgan fingerprint density at radius 2 is 2.14 bits per heavy atom. The van der Waals surface area contributed by atoms with Gasteiger partial charge < -0.3 is 14.4 Å². The van der Waals surface area contributed by atoms with Gasteiger partial charge in [0.25, 0.3) is 0 Å². The van der Waals surface area contributed by atoms with Gasteiger partial charge in [0.1, 0.15) is 5.41 Å². The van der Waals surface area contributed by atoms with Crippen molar-refractivity contribution in [3.63, 3.8) is 0 Å². The van der Waals surface area contributed by atoms with Gasteiger partial charge in [-0.15, -0.1) is 0 Å². The number of aromatic nitrogens is 1. The molecule has 0 radical (unpaired) electrons. The van der Waals surface area contributed by atoms with E-state index in [1.54, 1.807) is 0 Å². The Balaban J connectivity index is 1.82. The van der Waals surface area contributed by atoms with Gasteiger partial charge in [-0.05, 0) is 19.4 Å². The first-order valence-corrected chi connectivity index (χ1v) is 9.72. The molecule has 3 saturated heterocycles. The number of piperidine rings is 3. The Bertz CT molecular complexity index is 1050. The second kappa shape index (κ2) is 5.78. The highest BCUT2D eigenvalue weighted by atomic mass is 16.5. The molecule has 4 bridgehead atoms. The predicted octanol–water partition coefficient (Wildman–Crippen LogP) is 2.22. The fourth-order valence-corrected chi connectivity index (χ4v) is 6.09. The molecular weight excluding hydrogens is 356 g/mol. The molecule has 28 heavy (non-hydrogen) atoms. The zero-order valence-electron chi connectivity index (χ0n) is 16.3. The summed E-state index contributed by atoms with van der Waals surface area (Å²) in [5.74, 6) is -0.781. The number of rotatable bonds is 2. The average Bonchev–Trinajstić information content (AvgIpc) is 3.04. The molecule has 1 N–H and O–H groups in total. The molecule has 5 atom stereocenters. The van der Waals surface area contributed by atoms with Crippen molar-refractivity contribution in [3.8, 4) is 0 Å². The van der Waals surface area contributed by atoms with Crippen LogP contribution in [0.15, 0.2) is 35.9 Å². The number of nitrogens with zero attached hydrogens (tertiary/aromatic N) is 2. The summed E-state index contributed by atoms with van der Waals surface area (Å²) in [7, 11) is 3.34. The fraction of sp³-hybridized carbons (Fsp3) is 0.455. The number of ketones is 1. The first-order chi connectivity index (χ1) is 13.5. The number of aryl methyl sites for hydroxylation is 1. The van der Waals surface area contributed by atoms with Gasteiger partial charge >= 0.3 is 5.97 Å². The molecule has 2 aromatic rings. The number of methoxy groups -OCH3 is 1. The number of ether oxygens (including phenoxy) is 1. The monoisotopic (exact) mass is 380 g/mol. The minimum atomic E-state index is -1.25. The zero-order valence-corrected chi connectivity index (χ0v) is 16.3. The van der Waals surface area contributed by atoms with E-state index < -0.39 is 24.0 Å². The fourth-order valence-electron chi connectivity index (χ4n) is 6.09. The third-order valence-electron chi connectivity index (χ3n) is 7.27. The number of aliphatic hydroxyl groups is 1. The summed E-state index contributed by atoms with van der Waals surface area (Å²) in [6.45, 7) is 2.19. The molecule has 3 fully saturated rings. The number of hydrogen-bond acceptors (Lipinski definition) is 5. The smallest absolute Gasteiger partial charge is 0.316 e. The van der Waals surface area contributed by atoms with Crippen LogP contribution in [0.2, 0.25) is 0 Å². The van der Waals surface area contributed by atoms with E-state index >= 15 is 0 Å². The molecule has 4 aliphatic heterocycles. The topological polar surface area (TPSA) is 71.8 Å². The van der Waals surface area contributed by atoms with Crippen LogP contribution in [-0.2, 0) is 16.6 Å². The molecule has 146 valence electrons. The third-order valence-corrected chi connectivity index (χ3v) is 7.27. The summed E-state index contributed by atoms with van der Waals surface area (Å²) >= 11 is 0. The number of fused-ring (bicyclic) bond motifs is 4. The second-order valence-corrected chi connectivity index (χ2v) is 8.13. The molecule has 6 rings (SSSR count). The van der Waals surface area contributed by atoms with E-state index in [9.17, 15) is 14.7 Å². The summed E-state index contributed by atoms with van der Waals surface area (Å²) < 4.78 is 7.26. The Morgan fingerprint density at radius 1 is 1.39 bits per heavy atom. The van der Waals surface area contributed by atoms with Crippen LogP contribution in [0.1, 0.15) is 35.4 Å². The number of esters is 1. The molecule has 0 amide bonds. The van der Waals surface area contributed by atoms with Gasteiger partial charge in [-0.1, -0.05) is 29.8 Å². The Labute approximate surface area is 163 Å². The van der Waals surface area contributed by atoms with E-state index in [4.69, 9.17) is 4.74 Å². The van der Waals surface area contributed by atoms with Crippen molar-refractivity contribution in [1.29, 1.82) is 0 Å². The SMILES string of the molecule is CC=C1CN2[C@H]3C(=O)c4c(n(C)c5ccccc45)[C@@H]2C[C@@H]1[C@]3(CO)C(=O)OC. The van der Waals surface area contributed by atoms with Crippen molar-refractivity contribution in [2.24, 2.45) is 18.4 Å². The molecule has 6 nitrogen and oxygen atoms in total. The Hall–Kier alpha value is -2.44. The summed E-state index contributed by atoms with van der Waals surface area (Å²) in [4.78, 5) is 29.0. The molecule has 0 saturated carbocycles. The van der Waals surface area contributed by atoms with Crippen LogP contribution in [-0.4, -0.2) is 52.6 Å². The van der Waals surface area contributed by atoms with Crippen molar-refractivity contribution in [3.05, 3.63) is 47.2 Å². The first-order valence-electron chi connectivity index (χ1n) is 9.72. The lowest BCUT2D eigenvalue weighted by Gasteiger charge is -2.61. The number of allylic oxidation sites excluding steroid dienone is 1. The maximum Gasteiger partial charge on any atom is 0.316 e. The normalized spacial score (nSPS) is 34.7. The number of para-hydroxylation sites is 1. The number of aliphatic hydroxyl groups excluding tert-OH is 1. The maximum absolute atomic E-state index is 13.8. The molecule has 5 heterocycles. The van der Waals surface area contributed by atoms with Crippen LogP contribution in [0.25, 0.3) is 10.9 Å². The van der Waals surface area contributed by atoms with E-state index in [2.05, 4.69) is 9.47 Å². The number of Topliss-reactive ketones (excluding diaryl/α,β-unsaturated/α-hetero) is 1. The summed E-state index contributed by atoms with van der Waals surface area (Å²) in [6.07, 6.45) is 2.71. The Morgan fingerprint density at radius 3 is 2.82 bits per heavy atom. The molecular formula is C22H24N2O4. The third kappa shape index (κ3) is 1.80. The van der Waals surface area contributed by atoms with Crippen molar-refractivity contribution >= 4 is 22.7 Å². The molecule has 1 unspecified atom stereocenters. The summed E-state index contributed by atoms with van der Waals surface area (Å²) in [5.41, 5.74) is 2.59. The molecule has 0 aliphatic carbocycles. The highest BCUT2D eigenvalue weighted by Crippen LogP contribution is 2.59. The van der Waals surface area contributed by atoms with E-state index in [1.807, 2.05) is 44.3 Å². The molecule has 6 heteroatoms. The predicted molar refractivity (Wildman–Crippen MR) is 104 cm³/mol. The lowest BCUT2D eigenvalue weighted by Crippen LogP contribution is -2.71. The van der Waals surface area contributed by atoms with Crippen LogP contribution >= 0.6 is 0 Å². The van der Waals surface area contributed by atoms with Crippen LogP contribution in [0.5, 0.6) is 0 Å². The zero-order chi connectivity index (χ0) is 19.8. The van der Waals surface area contributed by atoms with Crippen molar-refractivity contribution in [1.82, 2.24) is 9.47 Å². The standard InChI is InChI=1S/C22H24N2O4/c1-4-12-10-24-16-9-14(12)22(11-25,21(27)28-3)20(24)19(26)17-13-7-5-6-8-15(13)23(2)18(16)17/h4-8,14,16,20,25H,9-11H2,1-3H3/t14-,16-,20-,22-/m0/s1. The van der Waals surface area contributed by atoms with Gasteiger partial charge in [0.15, 0.2) is 5.78 Å². The van der Waals surface area contributed by atoms with Crippen LogP contribution in [0.3, 0.4) is 0 Å². The lowest BCUT2D eigenvalue weighted by atomic mass is 9.55. The van der Waals surface area contributed by atoms with E-state index in [-0.39, 0.29) is 17.7 Å². The van der Waals surface area contributed by atoms with Crippen molar-refractivity contribution < 1.29 is 19.4 Å². The van der Waals surface area contributed by atoms with Gasteiger partial charge in [-0.2, -0.15) is 0 Å². The largest absolute Gasteiger partial charge is 0.468 e. The van der Waals surface area contributed by atoms with E-state index in [0.717, 1.165) is 22.2 Å². The quantitative estimate of drug-likeness (QED) is 0.639. The Kier molecular flexibility index (Phi) is 3.64. The minimum absolute atomic E-state index is 0.0492. The summed E-state index contributed by atoms with van der Waals surface area (Å²) in [6, 6.07) is 7.25. The van der Waals surface area contributed by atoms with E-state index in [1.165, 1.54) is 7.11 Å². The minimum Gasteiger partial charge on any atom is -0.468 e. The van der Waals surface area contributed by atoms with Crippen molar-refractivity contribution in [2.45, 2.75) is 25.4 Å². The highest BCUT2D eigenvalue weighted by molar-refractivity contribution is 6.15. The molecule has 0 spiro atoms. The number of carbonyl (C=O) groups excluding carboxylic acids is 2. The molecule has 1 aromatic carbocycles. The highest BCUT2D eigenvalue weighted by Gasteiger charge is 2.68. The summed E-state index contributed by atoms with van der Waals surface area (Å²) in [5, 5.41) is 11.4. The average molecular weight is 380 g/mol. The first kappa shape index (κ1) is 17.6. The van der Waals surface area contributed by atoms with E-state index in [0.29, 0.717) is 18.5 Å². The lowest BCUT2D eigenvalue weighted by molar-refractivity contribution is -0.177. The van der Waals surface area contributed by atoms with Gasteiger partial charge in [0.2, 0.25) is 0 Å². The van der Waals surface area contributed by atoms with Crippen molar-refractivity contribution in [2.75, 3.05) is 20.3 Å².